The number of rotatable bonds is 3. The van der Waals surface area contributed by atoms with Gasteiger partial charge in [-0.2, -0.15) is 0 Å². The van der Waals surface area contributed by atoms with Crippen molar-refractivity contribution >= 4 is 23.4 Å². The molecule has 7 heteroatoms. The average molecular weight is 314 g/mol. The number of hydrogen-bond donors (Lipinski definition) is 1. The molecule has 1 aliphatic heterocycles. The maximum Gasteiger partial charge on any atom is 0.329 e. The Balaban J connectivity index is 2.68. The largest absolute Gasteiger partial charge is 0.467 e. The highest BCUT2D eigenvalue weighted by atomic mass is 35.5. The summed E-state index contributed by atoms with van der Waals surface area (Å²) in [6.45, 7) is 7.66. The summed E-state index contributed by atoms with van der Waals surface area (Å²) in [4.78, 5) is 28.8. The lowest BCUT2D eigenvalue weighted by molar-refractivity contribution is -0.144. The first-order chi connectivity index (χ1) is 9.69. The zero-order chi connectivity index (χ0) is 15.9. The summed E-state index contributed by atoms with van der Waals surface area (Å²) < 4.78 is 6.24. The van der Waals surface area contributed by atoms with E-state index < -0.39 is 17.4 Å². The second-order valence-electron chi connectivity index (χ2n) is 6.20. The highest BCUT2D eigenvalue weighted by Gasteiger charge is 2.44. The van der Waals surface area contributed by atoms with Gasteiger partial charge in [-0.3, -0.25) is 9.36 Å². The van der Waals surface area contributed by atoms with Crippen molar-refractivity contribution in [1.29, 1.82) is 0 Å². The number of aromatic nitrogens is 2. The van der Waals surface area contributed by atoms with Crippen LogP contribution in [0.1, 0.15) is 45.9 Å². The summed E-state index contributed by atoms with van der Waals surface area (Å²) in [5.74, 6) is -0.285. The minimum Gasteiger partial charge on any atom is -0.467 e. The summed E-state index contributed by atoms with van der Waals surface area (Å²) in [6.07, 6.45) is 0.460. The Morgan fingerprint density at radius 3 is 2.67 bits per heavy atom. The summed E-state index contributed by atoms with van der Waals surface area (Å²) in [5.41, 5.74) is -0.179. The Hall–Kier alpha value is -1.56. The van der Waals surface area contributed by atoms with Crippen molar-refractivity contribution in [3.8, 4) is 0 Å². The molecule has 1 aromatic rings. The SMILES string of the molecule is COC(=O)[C@@H]1CC(C)(C)c2c(Cl)nc(NC(C)C)c(=O)n21. The van der Waals surface area contributed by atoms with Gasteiger partial charge in [0.2, 0.25) is 0 Å². The molecule has 1 N–H and O–H groups in total. The molecule has 0 amide bonds. The van der Waals surface area contributed by atoms with Crippen LogP contribution in [0.4, 0.5) is 5.82 Å². The summed E-state index contributed by atoms with van der Waals surface area (Å²) in [7, 11) is 1.31. The van der Waals surface area contributed by atoms with E-state index in [1.165, 1.54) is 11.7 Å². The molecule has 116 valence electrons. The van der Waals surface area contributed by atoms with E-state index in [2.05, 4.69) is 10.3 Å². The van der Waals surface area contributed by atoms with Crippen LogP contribution in [-0.2, 0) is 14.9 Å². The van der Waals surface area contributed by atoms with Crippen molar-refractivity contribution in [3.63, 3.8) is 0 Å². The van der Waals surface area contributed by atoms with Crippen LogP contribution in [0.5, 0.6) is 0 Å². The quantitative estimate of drug-likeness (QED) is 0.865. The number of carbonyl (C=O) groups is 1. The van der Waals surface area contributed by atoms with Crippen molar-refractivity contribution in [1.82, 2.24) is 9.55 Å². The molecule has 0 bridgehead atoms. The molecule has 2 heterocycles. The first-order valence-electron chi connectivity index (χ1n) is 6.86. The number of esters is 1. The van der Waals surface area contributed by atoms with Gasteiger partial charge in [0.1, 0.15) is 6.04 Å². The zero-order valence-corrected chi connectivity index (χ0v) is 13.6. The first kappa shape index (κ1) is 15.8. The number of anilines is 1. The molecule has 6 nitrogen and oxygen atoms in total. The molecule has 1 aliphatic rings. The van der Waals surface area contributed by atoms with E-state index in [0.29, 0.717) is 12.1 Å². The predicted molar refractivity (Wildman–Crippen MR) is 81.0 cm³/mol. The Morgan fingerprint density at radius 1 is 1.52 bits per heavy atom. The van der Waals surface area contributed by atoms with Crippen LogP contribution >= 0.6 is 11.6 Å². The number of hydrogen-bond acceptors (Lipinski definition) is 5. The van der Waals surface area contributed by atoms with Crippen molar-refractivity contribution in [2.45, 2.75) is 51.6 Å². The third-order valence-electron chi connectivity index (χ3n) is 3.62. The second-order valence-corrected chi connectivity index (χ2v) is 6.56. The van der Waals surface area contributed by atoms with E-state index in [-0.39, 0.29) is 22.6 Å². The Kier molecular flexibility index (Phi) is 4.02. The second kappa shape index (κ2) is 5.33. The number of fused-ring (bicyclic) bond motifs is 1. The minimum atomic E-state index is -0.666. The zero-order valence-electron chi connectivity index (χ0n) is 12.9. The van der Waals surface area contributed by atoms with Gasteiger partial charge in [0, 0.05) is 11.5 Å². The van der Waals surface area contributed by atoms with Crippen LogP contribution in [-0.4, -0.2) is 28.7 Å². The van der Waals surface area contributed by atoms with E-state index in [4.69, 9.17) is 16.3 Å². The molecule has 0 saturated heterocycles. The molecular formula is C14H20ClN3O3. The van der Waals surface area contributed by atoms with Gasteiger partial charge in [-0.15, -0.1) is 0 Å². The Bertz CT molecular complexity index is 637. The van der Waals surface area contributed by atoms with Crippen LogP contribution in [0.25, 0.3) is 0 Å². The fraction of sp³-hybridized carbons (Fsp3) is 0.643. The molecule has 0 spiro atoms. The van der Waals surface area contributed by atoms with Crippen LogP contribution in [0, 0.1) is 0 Å². The molecule has 2 rings (SSSR count). The van der Waals surface area contributed by atoms with E-state index in [1.807, 2.05) is 27.7 Å². The molecule has 0 aromatic carbocycles. The molecule has 0 unspecified atom stereocenters. The van der Waals surface area contributed by atoms with Gasteiger partial charge < -0.3 is 10.1 Å². The van der Waals surface area contributed by atoms with Crippen LogP contribution < -0.4 is 10.9 Å². The van der Waals surface area contributed by atoms with Crippen LogP contribution in [0.3, 0.4) is 0 Å². The number of nitrogens with zero attached hydrogens (tertiary/aromatic N) is 2. The topological polar surface area (TPSA) is 73.2 Å². The summed E-state index contributed by atoms with van der Waals surface area (Å²) in [5, 5.41) is 3.21. The maximum absolute atomic E-state index is 12.6. The van der Waals surface area contributed by atoms with Crippen LogP contribution in [0.2, 0.25) is 5.15 Å². The number of methoxy groups -OCH3 is 1. The molecule has 0 saturated carbocycles. The van der Waals surface area contributed by atoms with E-state index >= 15 is 0 Å². The molecular weight excluding hydrogens is 294 g/mol. The Labute approximate surface area is 128 Å². The third-order valence-corrected chi connectivity index (χ3v) is 3.89. The molecule has 0 fully saturated rings. The smallest absolute Gasteiger partial charge is 0.329 e. The van der Waals surface area contributed by atoms with Gasteiger partial charge in [0.25, 0.3) is 5.56 Å². The highest BCUT2D eigenvalue weighted by molar-refractivity contribution is 6.30. The summed E-state index contributed by atoms with van der Waals surface area (Å²) in [6, 6.07) is -0.633. The third kappa shape index (κ3) is 2.64. The fourth-order valence-electron chi connectivity index (χ4n) is 2.78. The maximum atomic E-state index is 12.6. The van der Waals surface area contributed by atoms with Gasteiger partial charge >= 0.3 is 5.97 Å². The highest BCUT2D eigenvalue weighted by Crippen LogP contribution is 2.43. The van der Waals surface area contributed by atoms with E-state index in [1.54, 1.807) is 0 Å². The molecule has 0 radical (unpaired) electrons. The Morgan fingerprint density at radius 2 is 2.14 bits per heavy atom. The fourth-order valence-corrected chi connectivity index (χ4v) is 3.21. The average Bonchev–Trinajstić information content (AvgIpc) is 2.66. The monoisotopic (exact) mass is 313 g/mol. The van der Waals surface area contributed by atoms with Crippen molar-refractivity contribution in [3.05, 3.63) is 21.2 Å². The van der Waals surface area contributed by atoms with Gasteiger partial charge in [-0.05, 0) is 20.3 Å². The van der Waals surface area contributed by atoms with Gasteiger partial charge in [-0.25, -0.2) is 9.78 Å². The predicted octanol–water partition coefficient (Wildman–Crippen LogP) is 2.11. The van der Waals surface area contributed by atoms with Crippen LogP contribution in [0.15, 0.2) is 4.79 Å². The standard InChI is InChI=1S/C14H20ClN3O3/c1-7(2)16-11-12(19)18-8(13(20)21-5)6-14(3,4)9(18)10(15)17-11/h7-8H,6H2,1-5H3,(H,16,17)/t8-/m0/s1. The molecule has 1 aromatic heterocycles. The summed E-state index contributed by atoms with van der Waals surface area (Å²) >= 11 is 6.26. The molecule has 0 aliphatic carbocycles. The number of carbonyl (C=O) groups excluding carboxylic acids is 1. The molecule has 21 heavy (non-hydrogen) atoms. The van der Waals surface area contributed by atoms with Gasteiger partial charge in [-0.1, -0.05) is 25.4 Å². The number of halogens is 1. The van der Waals surface area contributed by atoms with Gasteiger partial charge in [0.15, 0.2) is 11.0 Å². The van der Waals surface area contributed by atoms with Crippen molar-refractivity contribution in [2.24, 2.45) is 0 Å². The lowest BCUT2D eigenvalue weighted by atomic mass is 9.87. The van der Waals surface area contributed by atoms with Crippen molar-refractivity contribution in [2.75, 3.05) is 12.4 Å². The minimum absolute atomic E-state index is 0.0332. The number of ether oxygens (including phenoxy) is 1. The molecule has 1 atom stereocenters. The first-order valence-corrected chi connectivity index (χ1v) is 7.23. The normalized spacial score (nSPS) is 19.5. The van der Waals surface area contributed by atoms with E-state index in [9.17, 15) is 9.59 Å². The lowest BCUT2D eigenvalue weighted by Gasteiger charge is -2.19. The number of nitrogens with one attached hydrogen (secondary N) is 1. The lowest BCUT2D eigenvalue weighted by Crippen LogP contribution is -2.32. The van der Waals surface area contributed by atoms with Gasteiger partial charge in [0.05, 0.1) is 12.8 Å². The van der Waals surface area contributed by atoms with E-state index in [0.717, 1.165) is 0 Å². The van der Waals surface area contributed by atoms with Crippen molar-refractivity contribution < 1.29 is 9.53 Å².